The predicted octanol–water partition coefficient (Wildman–Crippen LogP) is 1.23. The zero-order chi connectivity index (χ0) is 14.5. The fourth-order valence-corrected chi connectivity index (χ4v) is 1.71. The van der Waals surface area contributed by atoms with E-state index in [1.807, 2.05) is 0 Å². The van der Waals surface area contributed by atoms with E-state index in [1.165, 1.54) is 6.08 Å². The Kier molecular flexibility index (Phi) is 4.27. The number of benzene rings is 1. The van der Waals surface area contributed by atoms with Crippen LogP contribution in [0.15, 0.2) is 41.1 Å². The van der Waals surface area contributed by atoms with Crippen LogP contribution in [0.4, 0.5) is 11.4 Å². The number of nitrogens with two attached hydrogens (primary N) is 1. The average molecular weight is 273 g/mol. The van der Waals surface area contributed by atoms with Gasteiger partial charge in [0.2, 0.25) is 5.78 Å². The summed E-state index contributed by atoms with van der Waals surface area (Å²) in [5.74, 6) is -0.0916. The molecule has 0 spiro atoms. The number of anilines is 1. The Bertz CT molecular complexity index is 588. The first-order valence-corrected chi connectivity index (χ1v) is 6.10. The van der Waals surface area contributed by atoms with Crippen LogP contribution in [-0.2, 0) is 9.53 Å². The van der Waals surface area contributed by atoms with Gasteiger partial charge in [-0.1, -0.05) is 0 Å². The number of aliphatic hydroxyl groups is 1. The molecule has 0 saturated heterocycles. The number of carbonyl (C=O) groups is 1. The lowest BCUT2D eigenvalue weighted by molar-refractivity contribution is -0.109. The van der Waals surface area contributed by atoms with Crippen molar-refractivity contribution in [1.29, 1.82) is 5.41 Å². The second kappa shape index (κ2) is 6.12. The van der Waals surface area contributed by atoms with Crippen molar-refractivity contribution < 1.29 is 14.6 Å². The second-order valence-electron chi connectivity index (χ2n) is 4.25. The number of ether oxygens (including phenoxy) is 1. The van der Waals surface area contributed by atoms with Crippen LogP contribution in [0.1, 0.15) is 6.42 Å². The number of hydrogen-bond acceptors (Lipinski definition) is 6. The molecule has 0 aromatic heterocycles. The molecule has 1 aliphatic rings. The molecule has 6 heteroatoms. The van der Waals surface area contributed by atoms with Crippen LogP contribution in [0.3, 0.4) is 0 Å². The molecule has 0 saturated carbocycles. The molecule has 2 rings (SSSR count). The van der Waals surface area contributed by atoms with Crippen molar-refractivity contribution in [3.05, 3.63) is 36.1 Å². The maximum Gasteiger partial charge on any atom is 0.204 e. The van der Waals surface area contributed by atoms with Crippen molar-refractivity contribution in [3.63, 3.8) is 0 Å². The van der Waals surface area contributed by atoms with Crippen LogP contribution >= 0.6 is 0 Å². The van der Waals surface area contributed by atoms with Gasteiger partial charge in [-0.2, -0.15) is 0 Å². The number of nitrogen functional groups attached to an aromatic ring is 1. The predicted molar refractivity (Wildman–Crippen MR) is 76.4 cm³/mol. The van der Waals surface area contributed by atoms with Gasteiger partial charge in [0, 0.05) is 18.2 Å². The molecule has 20 heavy (non-hydrogen) atoms. The van der Waals surface area contributed by atoms with E-state index >= 15 is 0 Å². The van der Waals surface area contributed by atoms with Gasteiger partial charge in [0.25, 0.3) is 0 Å². The standard InChI is InChI=1S/C14H15N3O3/c15-9-1-3-10(4-2-9)17-12-7-11(16)14(8-13(12)19)20-6-5-18/h1-4,8,16,18H,5-7,15H2. The van der Waals surface area contributed by atoms with E-state index < -0.39 is 0 Å². The molecule has 0 atom stereocenters. The number of aliphatic hydroxyl groups excluding tert-OH is 1. The Morgan fingerprint density at radius 2 is 2.05 bits per heavy atom. The lowest BCUT2D eigenvalue weighted by Crippen LogP contribution is -2.25. The molecule has 0 bridgehead atoms. The summed E-state index contributed by atoms with van der Waals surface area (Å²) in [5, 5.41) is 16.5. The highest BCUT2D eigenvalue weighted by Crippen LogP contribution is 2.18. The van der Waals surface area contributed by atoms with Crippen LogP contribution in [0.25, 0.3) is 0 Å². The molecule has 0 amide bonds. The summed E-state index contributed by atoms with van der Waals surface area (Å²) < 4.78 is 5.12. The first-order chi connectivity index (χ1) is 9.60. The van der Waals surface area contributed by atoms with Crippen molar-refractivity contribution in [3.8, 4) is 0 Å². The third kappa shape index (κ3) is 3.30. The van der Waals surface area contributed by atoms with Gasteiger partial charge in [-0.3, -0.25) is 4.79 Å². The van der Waals surface area contributed by atoms with E-state index in [9.17, 15) is 4.79 Å². The highest BCUT2D eigenvalue weighted by molar-refractivity contribution is 6.50. The van der Waals surface area contributed by atoms with E-state index in [2.05, 4.69) is 4.99 Å². The third-order valence-corrected chi connectivity index (χ3v) is 2.69. The van der Waals surface area contributed by atoms with Crippen molar-refractivity contribution in [2.45, 2.75) is 6.42 Å². The minimum atomic E-state index is -0.286. The Morgan fingerprint density at radius 3 is 2.70 bits per heavy atom. The Balaban J connectivity index is 2.19. The van der Waals surface area contributed by atoms with Gasteiger partial charge < -0.3 is 21.0 Å². The van der Waals surface area contributed by atoms with E-state index in [0.717, 1.165) is 0 Å². The van der Waals surface area contributed by atoms with Crippen LogP contribution in [0, 0.1) is 5.41 Å². The molecule has 1 aliphatic carbocycles. The smallest absolute Gasteiger partial charge is 0.204 e. The number of aliphatic imine (C=N–C) groups is 1. The van der Waals surface area contributed by atoms with Crippen LogP contribution in [-0.4, -0.2) is 35.5 Å². The summed E-state index contributed by atoms with van der Waals surface area (Å²) in [6.45, 7) is -0.100. The normalized spacial score (nSPS) is 17.2. The van der Waals surface area contributed by atoms with E-state index in [0.29, 0.717) is 11.4 Å². The van der Waals surface area contributed by atoms with Gasteiger partial charge in [-0.25, -0.2) is 4.99 Å². The molecule has 6 nitrogen and oxygen atoms in total. The van der Waals surface area contributed by atoms with Crippen molar-refractivity contribution in [2.75, 3.05) is 18.9 Å². The van der Waals surface area contributed by atoms with E-state index in [4.69, 9.17) is 21.0 Å². The van der Waals surface area contributed by atoms with Gasteiger partial charge in [0.05, 0.1) is 23.7 Å². The summed E-state index contributed by atoms with van der Waals surface area (Å²) in [6.07, 6.45) is 1.35. The fraction of sp³-hybridized carbons (Fsp3) is 0.214. The zero-order valence-electron chi connectivity index (χ0n) is 10.8. The van der Waals surface area contributed by atoms with Crippen molar-refractivity contribution >= 4 is 28.6 Å². The second-order valence-corrected chi connectivity index (χ2v) is 4.25. The molecule has 0 heterocycles. The minimum Gasteiger partial charge on any atom is -0.489 e. The molecule has 1 aromatic carbocycles. The summed E-state index contributed by atoms with van der Waals surface area (Å²) in [4.78, 5) is 16.1. The highest BCUT2D eigenvalue weighted by Gasteiger charge is 2.23. The first kappa shape index (κ1) is 14.0. The molecular weight excluding hydrogens is 258 g/mol. The molecule has 0 fully saturated rings. The SMILES string of the molecule is N=C1CC(=Nc2ccc(N)cc2)C(=O)C=C1OCCO. The van der Waals surface area contributed by atoms with Crippen LogP contribution in [0.5, 0.6) is 0 Å². The fourth-order valence-electron chi connectivity index (χ4n) is 1.71. The Morgan fingerprint density at radius 1 is 1.35 bits per heavy atom. The van der Waals surface area contributed by atoms with Gasteiger partial charge >= 0.3 is 0 Å². The van der Waals surface area contributed by atoms with Crippen LogP contribution < -0.4 is 5.73 Å². The first-order valence-electron chi connectivity index (χ1n) is 6.10. The zero-order valence-corrected chi connectivity index (χ0v) is 10.8. The number of rotatable bonds is 4. The largest absolute Gasteiger partial charge is 0.489 e. The molecule has 104 valence electrons. The van der Waals surface area contributed by atoms with E-state index in [1.54, 1.807) is 24.3 Å². The number of nitrogens with zero attached hydrogens (tertiary/aromatic N) is 1. The maximum atomic E-state index is 11.9. The number of carbonyl (C=O) groups excluding carboxylic acids is 1. The van der Waals surface area contributed by atoms with Gasteiger partial charge in [-0.05, 0) is 24.3 Å². The number of nitrogens with one attached hydrogen (secondary N) is 1. The molecule has 1 aromatic rings. The summed E-state index contributed by atoms with van der Waals surface area (Å²) in [7, 11) is 0. The monoisotopic (exact) mass is 273 g/mol. The van der Waals surface area contributed by atoms with Gasteiger partial charge in [-0.15, -0.1) is 0 Å². The average Bonchev–Trinajstić information content (AvgIpc) is 2.43. The lowest BCUT2D eigenvalue weighted by Gasteiger charge is -2.15. The van der Waals surface area contributed by atoms with Crippen LogP contribution in [0.2, 0.25) is 0 Å². The number of allylic oxidation sites excluding steroid dienone is 2. The number of ketones is 1. The van der Waals surface area contributed by atoms with Gasteiger partial charge in [0.1, 0.15) is 12.4 Å². The molecule has 0 aliphatic heterocycles. The third-order valence-electron chi connectivity index (χ3n) is 2.69. The molecule has 0 radical (unpaired) electrons. The summed E-state index contributed by atoms with van der Waals surface area (Å²) in [5.41, 5.74) is 7.28. The molecule has 4 N–H and O–H groups in total. The topological polar surface area (TPSA) is 109 Å². The maximum absolute atomic E-state index is 11.9. The minimum absolute atomic E-state index is 0.0614. The van der Waals surface area contributed by atoms with E-state index in [-0.39, 0.29) is 42.6 Å². The Labute approximate surface area is 116 Å². The number of hydrogen-bond donors (Lipinski definition) is 3. The van der Waals surface area contributed by atoms with Gasteiger partial charge in [0.15, 0.2) is 0 Å². The quantitative estimate of drug-likeness (QED) is 0.717. The molecular formula is C14H15N3O3. The van der Waals surface area contributed by atoms with Crippen molar-refractivity contribution in [2.24, 2.45) is 4.99 Å². The summed E-state index contributed by atoms with van der Waals surface area (Å²) in [6, 6.07) is 6.81. The Hall–Kier alpha value is -2.47. The lowest BCUT2D eigenvalue weighted by atomic mass is 10.0. The highest BCUT2D eigenvalue weighted by atomic mass is 16.5. The summed E-state index contributed by atoms with van der Waals surface area (Å²) >= 11 is 0. The van der Waals surface area contributed by atoms with Crippen molar-refractivity contribution in [1.82, 2.24) is 0 Å². The molecule has 0 unspecified atom stereocenters.